The van der Waals surface area contributed by atoms with Crippen LogP contribution in [0.5, 0.6) is 0 Å². The fourth-order valence-electron chi connectivity index (χ4n) is 2.20. The number of rotatable bonds is 5. The van der Waals surface area contributed by atoms with Gasteiger partial charge in [-0.2, -0.15) is 0 Å². The smallest absolute Gasteiger partial charge is 0.174 e. The highest BCUT2D eigenvalue weighted by molar-refractivity contribution is 8.01. The first-order chi connectivity index (χ1) is 7.40. The van der Waals surface area contributed by atoms with Crippen LogP contribution < -0.4 is 5.32 Å². The molecule has 1 unspecified atom stereocenters. The minimum absolute atomic E-state index is 0.640. The average molecular weight is 243 g/mol. The van der Waals surface area contributed by atoms with Gasteiger partial charge < -0.3 is 5.32 Å². The maximum Gasteiger partial charge on any atom is 0.174 e. The lowest BCUT2D eigenvalue weighted by Crippen LogP contribution is -2.34. The molecular weight excluding hydrogens is 226 g/mol. The molecule has 3 nitrogen and oxygen atoms in total. The van der Waals surface area contributed by atoms with Crippen molar-refractivity contribution >= 4 is 23.1 Å². The quantitative estimate of drug-likeness (QED) is 0.806. The maximum absolute atomic E-state index is 4.05. The van der Waals surface area contributed by atoms with Crippen molar-refractivity contribution < 1.29 is 0 Å². The molecule has 1 N–H and O–H groups in total. The first-order valence-corrected chi connectivity index (χ1v) is 7.33. The molecule has 15 heavy (non-hydrogen) atoms. The molecule has 0 radical (unpaired) electrons. The van der Waals surface area contributed by atoms with Crippen molar-refractivity contribution in [1.82, 2.24) is 15.5 Å². The van der Waals surface area contributed by atoms with E-state index in [-0.39, 0.29) is 0 Å². The lowest BCUT2D eigenvalue weighted by molar-refractivity contribution is 0.410. The van der Waals surface area contributed by atoms with Crippen LogP contribution in [0.1, 0.15) is 25.7 Å². The molecule has 2 rings (SSSR count). The molecule has 1 aromatic rings. The summed E-state index contributed by atoms with van der Waals surface area (Å²) in [5.74, 6) is 1.99. The largest absolute Gasteiger partial charge is 0.316 e. The van der Waals surface area contributed by atoms with E-state index in [0.29, 0.717) is 6.04 Å². The molecule has 0 bridgehead atoms. The van der Waals surface area contributed by atoms with Gasteiger partial charge in [0.15, 0.2) is 4.34 Å². The van der Waals surface area contributed by atoms with Crippen molar-refractivity contribution in [2.45, 2.75) is 36.1 Å². The fraction of sp³-hybridized carbons (Fsp3) is 0.800. The Hall–Kier alpha value is -0.130. The molecule has 1 fully saturated rings. The molecule has 5 heteroatoms. The van der Waals surface area contributed by atoms with Gasteiger partial charge in [-0.25, -0.2) is 0 Å². The molecule has 1 aliphatic carbocycles. The standard InChI is InChI=1S/C10H17N3S2/c1-11-9(8-4-2-3-5-8)6-14-10-13-12-7-15-10/h7-9,11H,2-6H2,1H3. The highest BCUT2D eigenvalue weighted by Gasteiger charge is 2.23. The molecule has 0 aromatic carbocycles. The van der Waals surface area contributed by atoms with E-state index in [9.17, 15) is 0 Å². The van der Waals surface area contributed by atoms with Crippen LogP contribution in [0.15, 0.2) is 9.85 Å². The topological polar surface area (TPSA) is 37.8 Å². The lowest BCUT2D eigenvalue weighted by Gasteiger charge is -2.21. The zero-order valence-electron chi connectivity index (χ0n) is 8.98. The molecule has 0 saturated heterocycles. The normalized spacial score (nSPS) is 19.5. The van der Waals surface area contributed by atoms with Gasteiger partial charge in [-0.1, -0.05) is 35.9 Å². The molecule has 1 aliphatic rings. The summed E-state index contributed by atoms with van der Waals surface area (Å²) in [6.07, 6.45) is 5.60. The lowest BCUT2D eigenvalue weighted by atomic mass is 10.0. The van der Waals surface area contributed by atoms with Crippen molar-refractivity contribution in [3.63, 3.8) is 0 Å². The summed E-state index contributed by atoms with van der Waals surface area (Å²) in [5, 5.41) is 11.3. The zero-order chi connectivity index (χ0) is 10.5. The maximum atomic E-state index is 4.05. The first kappa shape index (κ1) is 11.4. The second-order valence-electron chi connectivity index (χ2n) is 3.96. The molecule has 1 atom stereocenters. The van der Waals surface area contributed by atoms with Crippen LogP contribution in [0, 0.1) is 5.92 Å². The van der Waals surface area contributed by atoms with Crippen LogP contribution in [0.25, 0.3) is 0 Å². The van der Waals surface area contributed by atoms with Gasteiger partial charge in [0.05, 0.1) is 0 Å². The van der Waals surface area contributed by atoms with E-state index < -0.39 is 0 Å². The monoisotopic (exact) mass is 243 g/mol. The van der Waals surface area contributed by atoms with E-state index >= 15 is 0 Å². The fourth-order valence-corrected chi connectivity index (χ4v) is 3.95. The summed E-state index contributed by atoms with van der Waals surface area (Å²) in [7, 11) is 2.07. The predicted octanol–water partition coefficient (Wildman–Crippen LogP) is 2.41. The third-order valence-electron chi connectivity index (χ3n) is 3.07. The van der Waals surface area contributed by atoms with Gasteiger partial charge in [0, 0.05) is 11.8 Å². The van der Waals surface area contributed by atoms with Gasteiger partial charge in [0.1, 0.15) is 5.51 Å². The van der Waals surface area contributed by atoms with Gasteiger partial charge in [-0.05, 0) is 25.8 Å². The van der Waals surface area contributed by atoms with Gasteiger partial charge in [0.2, 0.25) is 0 Å². The van der Waals surface area contributed by atoms with Crippen LogP contribution >= 0.6 is 23.1 Å². The van der Waals surface area contributed by atoms with E-state index in [1.165, 1.54) is 25.7 Å². The number of nitrogens with one attached hydrogen (secondary N) is 1. The van der Waals surface area contributed by atoms with Crippen LogP contribution in [-0.2, 0) is 0 Å². The molecule has 1 heterocycles. The van der Waals surface area contributed by atoms with Gasteiger partial charge in [-0.3, -0.25) is 0 Å². The second kappa shape index (κ2) is 5.82. The summed E-state index contributed by atoms with van der Waals surface area (Å²) in [4.78, 5) is 0. The van der Waals surface area contributed by atoms with E-state index in [4.69, 9.17) is 0 Å². The molecule has 1 aromatic heterocycles. The number of hydrogen-bond acceptors (Lipinski definition) is 5. The molecular formula is C10H17N3S2. The third kappa shape index (κ3) is 3.16. The van der Waals surface area contributed by atoms with Crippen molar-refractivity contribution in [3.8, 4) is 0 Å². The average Bonchev–Trinajstić information content (AvgIpc) is 2.90. The predicted molar refractivity (Wildman–Crippen MR) is 65.4 cm³/mol. The Balaban J connectivity index is 1.80. The Bertz CT molecular complexity index is 270. The van der Waals surface area contributed by atoms with Crippen LogP contribution in [0.2, 0.25) is 0 Å². The Labute approximate surface area is 99.1 Å². The number of nitrogens with zero attached hydrogens (tertiary/aromatic N) is 2. The summed E-state index contributed by atoms with van der Waals surface area (Å²) >= 11 is 3.46. The third-order valence-corrected chi connectivity index (χ3v) is 5.05. The SMILES string of the molecule is CNC(CSc1nncs1)C1CCCC1. The Kier molecular flexibility index (Phi) is 4.41. The highest BCUT2D eigenvalue weighted by atomic mass is 32.2. The van der Waals surface area contributed by atoms with E-state index in [0.717, 1.165) is 16.0 Å². The van der Waals surface area contributed by atoms with Crippen molar-refractivity contribution in [2.75, 3.05) is 12.8 Å². The Morgan fingerprint density at radius 2 is 2.40 bits per heavy atom. The molecule has 1 saturated carbocycles. The van der Waals surface area contributed by atoms with Gasteiger partial charge in [0.25, 0.3) is 0 Å². The van der Waals surface area contributed by atoms with Crippen LogP contribution in [0.3, 0.4) is 0 Å². The first-order valence-electron chi connectivity index (χ1n) is 5.46. The van der Waals surface area contributed by atoms with E-state index in [1.54, 1.807) is 16.8 Å². The summed E-state index contributed by atoms with van der Waals surface area (Å²) in [6.45, 7) is 0. The highest BCUT2D eigenvalue weighted by Crippen LogP contribution is 2.30. The van der Waals surface area contributed by atoms with Crippen molar-refractivity contribution in [1.29, 1.82) is 0 Å². The number of thioether (sulfide) groups is 1. The Morgan fingerprint density at radius 1 is 1.60 bits per heavy atom. The molecule has 0 aliphatic heterocycles. The zero-order valence-corrected chi connectivity index (χ0v) is 10.6. The summed E-state index contributed by atoms with van der Waals surface area (Å²) in [6, 6.07) is 0.640. The van der Waals surface area contributed by atoms with Crippen LogP contribution in [-0.4, -0.2) is 29.0 Å². The molecule has 84 valence electrons. The Morgan fingerprint density at radius 3 is 3.00 bits per heavy atom. The molecule has 0 amide bonds. The van der Waals surface area contributed by atoms with Crippen LogP contribution in [0.4, 0.5) is 0 Å². The summed E-state index contributed by atoms with van der Waals surface area (Å²) in [5.41, 5.74) is 1.80. The second-order valence-corrected chi connectivity index (χ2v) is 6.06. The number of hydrogen-bond donors (Lipinski definition) is 1. The summed E-state index contributed by atoms with van der Waals surface area (Å²) < 4.78 is 1.09. The van der Waals surface area contributed by atoms with Gasteiger partial charge in [-0.15, -0.1) is 10.2 Å². The number of aromatic nitrogens is 2. The van der Waals surface area contributed by atoms with E-state index in [2.05, 4.69) is 22.6 Å². The minimum atomic E-state index is 0.640. The van der Waals surface area contributed by atoms with Crippen molar-refractivity contribution in [3.05, 3.63) is 5.51 Å². The van der Waals surface area contributed by atoms with Gasteiger partial charge >= 0.3 is 0 Å². The minimum Gasteiger partial charge on any atom is -0.316 e. The van der Waals surface area contributed by atoms with Crippen molar-refractivity contribution in [2.24, 2.45) is 5.92 Å². The van der Waals surface area contributed by atoms with E-state index in [1.807, 2.05) is 11.8 Å². The molecule has 0 spiro atoms.